The van der Waals surface area contributed by atoms with Crippen molar-refractivity contribution in [3.05, 3.63) is 45.2 Å². The van der Waals surface area contributed by atoms with E-state index >= 15 is 0 Å². The summed E-state index contributed by atoms with van der Waals surface area (Å²) in [5.41, 5.74) is 2.19. The lowest BCUT2D eigenvalue weighted by Crippen LogP contribution is -2.32. The Hall–Kier alpha value is -2.41. The van der Waals surface area contributed by atoms with Gasteiger partial charge in [0.05, 0.1) is 10.6 Å². The molecule has 27 heavy (non-hydrogen) atoms. The molecule has 2 rings (SSSR count). The lowest BCUT2D eigenvalue weighted by Gasteiger charge is -2.19. The fourth-order valence-corrected chi connectivity index (χ4v) is 3.67. The van der Waals surface area contributed by atoms with Crippen molar-refractivity contribution in [1.29, 1.82) is 0 Å². The summed E-state index contributed by atoms with van der Waals surface area (Å²) in [4.78, 5) is 29.7. The maximum atomic E-state index is 11.8. The number of benzene rings is 1. The zero-order valence-corrected chi connectivity index (χ0v) is 17.6. The molecule has 6 nitrogen and oxygen atoms in total. The third-order valence-corrected chi connectivity index (χ3v) is 5.07. The normalized spacial score (nSPS) is 12.1. The molecule has 7 heteroatoms. The predicted octanol–water partition coefficient (Wildman–Crippen LogP) is 4.34. The molecule has 0 aliphatic heterocycles. The quantitative estimate of drug-likeness (QED) is 0.773. The van der Waals surface area contributed by atoms with Crippen molar-refractivity contribution in [2.45, 2.75) is 60.2 Å². The Bertz CT molecular complexity index is 887. The van der Waals surface area contributed by atoms with Gasteiger partial charge in [-0.25, -0.2) is 9.79 Å². The van der Waals surface area contributed by atoms with Gasteiger partial charge in [0.25, 0.3) is 0 Å². The van der Waals surface area contributed by atoms with Crippen LogP contribution >= 0.6 is 11.3 Å². The molecule has 1 N–H and O–H groups in total. The van der Waals surface area contributed by atoms with Crippen molar-refractivity contribution in [3.63, 3.8) is 0 Å². The molecule has 0 radical (unpaired) electrons. The Morgan fingerprint density at radius 3 is 2.37 bits per heavy atom. The first-order valence-electron chi connectivity index (χ1n) is 8.92. The summed E-state index contributed by atoms with van der Waals surface area (Å²) in [6, 6.07) is 7.63. The van der Waals surface area contributed by atoms with E-state index in [1.54, 1.807) is 6.92 Å². The Labute approximate surface area is 163 Å². The molecule has 0 unspecified atom stereocenters. The number of aromatic nitrogens is 1. The molecule has 1 amide bonds. The Morgan fingerprint density at radius 2 is 1.85 bits per heavy atom. The summed E-state index contributed by atoms with van der Waals surface area (Å²) >= 11 is 1.41. The maximum absolute atomic E-state index is 11.8. The molecule has 0 fully saturated rings. The van der Waals surface area contributed by atoms with E-state index in [1.807, 2.05) is 63.5 Å². The first kappa shape index (κ1) is 20.9. The van der Waals surface area contributed by atoms with Crippen LogP contribution in [0.2, 0.25) is 0 Å². The second-order valence-electron chi connectivity index (χ2n) is 7.23. The molecule has 1 heterocycles. The largest absolute Gasteiger partial charge is 0.444 e. The molecule has 1 aromatic heterocycles. The van der Waals surface area contributed by atoms with Crippen LogP contribution < -0.4 is 10.1 Å². The van der Waals surface area contributed by atoms with Gasteiger partial charge in [-0.05, 0) is 52.3 Å². The number of hydrogen-bond donors (Lipinski definition) is 1. The molecule has 0 saturated heterocycles. The van der Waals surface area contributed by atoms with Gasteiger partial charge in [-0.15, -0.1) is 0 Å². The third kappa shape index (κ3) is 5.79. The number of nitrogens with one attached hydrogen (secondary N) is 1. The summed E-state index contributed by atoms with van der Waals surface area (Å²) in [5, 5.41) is 2.73. The Kier molecular flexibility index (Phi) is 6.59. The highest BCUT2D eigenvalue weighted by atomic mass is 32.1. The summed E-state index contributed by atoms with van der Waals surface area (Å²) in [5.74, 6) is 0.0599. The van der Waals surface area contributed by atoms with Crippen LogP contribution in [0.5, 0.6) is 0 Å². The molecular weight excluding hydrogens is 362 g/mol. The number of rotatable bonds is 5. The highest BCUT2D eigenvalue weighted by Crippen LogP contribution is 2.16. The minimum absolute atomic E-state index is 0.0599. The summed E-state index contributed by atoms with van der Waals surface area (Å²) < 4.78 is 7.26. The van der Waals surface area contributed by atoms with Crippen molar-refractivity contribution in [2.24, 2.45) is 4.99 Å². The van der Waals surface area contributed by atoms with Crippen LogP contribution in [0.4, 0.5) is 10.5 Å². The maximum Gasteiger partial charge on any atom is 0.407 e. The summed E-state index contributed by atoms with van der Waals surface area (Å²) in [6.45, 7) is 12.2. The molecule has 0 bridgehead atoms. The lowest BCUT2D eigenvalue weighted by molar-refractivity contribution is 0.0523. The van der Waals surface area contributed by atoms with E-state index in [1.165, 1.54) is 11.3 Å². The van der Waals surface area contributed by atoms with Crippen molar-refractivity contribution in [3.8, 4) is 0 Å². The molecule has 0 spiro atoms. The monoisotopic (exact) mass is 389 g/mol. The average molecular weight is 390 g/mol. The van der Waals surface area contributed by atoms with E-state index in [0.717, 1.165) is 33.2 Å². The molecule has 1 aromatic carbocycles. The molecule has 0 saturated carbocycles. The van der Waals surface area contributed by atoms with E-state index in [9.17, 15) is 9.59 Å². The smallest absolute Gasteiger partial charge is 0.407 e. The van der Waals surface area contributed by atoms with Crippen molar-refractivity contribution in [2.75, 3.05) is 0 Å². The van der Waals surface area contributed by atoms with Gasteiger partial charge >= 0.3 is 6.09 Å². The number of carbonyl (C=O) groups is 2. The average Bonchev–Trinajstić information content (AvgIpc) is 2.88. The van der Waals surface area contributed by atoms with Gasteiger partial charge in [-0.3, -0.25) is 4.79 Å². The van der Waals surface area contributed by atoms with Crippen LogP contribution in [0, 0.1) is 6.92 Å². The number of thiazole rings is 1. The zero-order valence-electron chi connectivity index (χ0n) is 16.8. The highest BCUT2D eigenvalue weighted by Gasteiger charge is 2.15. The van der Waals surface area contributed by atoms with Gasteiger partial charge < -0.3 is 14.6 Å². The van der Waals surface area contributed by atoms with Crippen molar-refractivity contribution >= 4 is 28.9 Å². The van der Waals surface area contributed by atoms with Gasteiger partial charge in [0.15, 0.2) is 10.6 Å². The van der Waals surface area contributed by atoms with Crippen LogP contribution in [0.25, 0.3) is 0 Å². The molecule has 2 aromatic rings. The Balaban J connectivity index is 2.14. The van der Waals surface area contributed by atoms with E-state index in [4.69, 9.17) is 4.74 Å². The Morgan fingerprint density at radius 1 is 1.22 bits per heavy atom. The highest BCUT2D eigenvalue weighted by molar-refractivity contribution is 7.11. The fraction of sp³-hybridized carbons (Fsp3) is 0.450. The van der Waals surface area contributed by atoms with Crippen LogP contribution in [0.3, 0.4) is 0 Å². The van der Waals surface area contributed by atoms with Crippen LogP contribution in [0.1, 0.15) is 55.5 Å². The molecule has 0 atom stereocenters. The second kappa shape index (κ2) is 8.52. The third-order valence-electron chi connectivity index (χ3n) is 3.79. The van der Waals surface area contributed by atoms with Gasteiger partial charge in [0.1, 0.15) is 5.60 Å². The van der Waals surface area contributed by atoms with E-state index in [0.29, 0.717) is 6.54 Å². The number of alkyl carbamates (subject to hydrolysis) is 1. The molecule has 0 aliphatic rings. The van der Waals surface area contributed by atoms with Crippen molar-refractivity contribution < 1.29 is 14.3 Å². The minimum atomic E-state index is -0.515. The van der Waals surface area contributed by atoms with Gasteiger partial charge in [0, 0.05) is 25.7 Å². The molecule has 146 valence electrons. The molecular formula is C20H27N3O3S. The number of Topliss-reactive ketones (excluding diaryl/α,β-unsaturated/α-hetero) is 1. The summed E-state index contributed by atoms with van der Waals surface area (Å²) in [7, 11) is 0. The van der Waals surface area contributed by atoms with Gasteiger partial charge in [-0.2, -0.15) is 0 Å². The summed E-state index contributed by atoms with van der Waals surface area (Å²) in [6.07, 6.45) is -0.439. The van der Waals surface area contributed by atoms with Crippen LogP contribution in [0.15, 0.2) is 29.3 Å². The van der Waals surface area contributed by atoms with Gasteiger partial charge in [0.2, 0.25) is 0 Å². The van der Waals surface area contributed by atoms with Gasteiger partial charge in [-0.1, -0.05) is 23.5 Å². The number of ketones is 1. The van der Waals surface area contributed by atoms with Crippen LogP contribution in [-0.4, -0.2) is 22.0 Å². The predicted molar refractivity (Wildman–Crippen MR) is 107 cm³/mol. The topological polar surface area (TPSA) is 72.7 Å². The fourth-order valence-electron chi connectivity index (χ4n) is 2.56. The minimum Gasteiger partial charge on any atom is -0.444 e. The number of hydrogen-bond acceptors (Lipinski definition) is 5. The number of carbonyl (C=O) groups excluding carboxylic acids is 2. The van der Waals surface area contributed by atoms with Crippen LogP contribution in [-0.2, 0) is 17.8 Å². The first-order valence-corrected chi connectivity index (χ1v) is 9.74. The second-order valence-corrected chi connectivity index (χ2v) is 8.21. The number of ether oxygens (including phenoxy) is 1. The zero-order chi connectivity index (χ0) is 20.2. The van der Waals surface area contributed by atoms with E-state index in [2.05, 4.69) is 10.3 Å². The van der Waals surface area contributed by atoms with Crippen molar-refractivity contribution in [1.82, 2.24) is 9.88 Å². The standard InChI is InChI=1S/C20H27N3O3S/c1-7-23-13(2)17(14(3)24)27-18(23)22-16-10-8-15(9-11-16)12-21-19(25)26-20(4,5)6/h8-11H,7,12H2,1-6H3,(H,21,25)/b22-18-. The SMILES string of the molecule is CCn1c(C)c(C(C)=O)s/c1=N\c1ccc(CNC(=O)OC(C)(C)C)cc1. The molecule has 0 aliphatic carbocycles. The number of amides is 1. The number of nitrogens with zero attached hydrogens (tertiary/aromatic N) is 2. The van der Waals surface area contributed by atoms with E-state index in [-0.39, 0.29) is 5.78 Å². The first-order chi connectivity index (χ1) is 12.6. The van der Waals surface area contributed by atoms with E-state index < -0.39 is 11.7 Å². The lowest BCUT2D eigenvalue weighted by atomic mass is 10.2.